The first kappa shape index (κ1) is 10.5. The molecule has 0 aliphatic heterocycles. The second-order valence-electron chi connectivity index (χ2n) is 3.42. The topological polar surface area (TPSA) is 48.1 Å². The molecule has 0 unspecified atom stereocenters. The molecule has 0 aliphatic rings. The first-order chi connectivity index (χ1) is 7.29. The molecule has 15 heavy (non-hydrogen) atoms. The van der Waals surface area contributed by atoms with Gasteiger partial charge in [0.15, 0.2) is 0 Å². The number of aromatic nitrogens is 1. The molecule has 0 saturated heterocycles. The number of hydrogen-bond acceptors (Lipinski definition) is 4. The smallest absolute Gasteiger partial charge is 0.120 e. The van der Waals surface area contributed by atoms with Gasteiger partial charge >= 0.3 is 0 Å². The minimum atomic E-state index is 0.560. The summed E-state index contributed by atoms with van der Waals surface area (Å²) in [6.07, 6.45) is 0. The fourth-order valence-electron chi connectivity index (χ4n) is 1.38. The van der Waals surface area contributed by atoms with Crippen LogP contribution >= 0.6 is 11.3 Å². The summed E-state index contributed by atoms with van der Waals surface area (Å²) in [6, 6.07) is 6.28. The largest absolute Gasteiger partial charge is 0.373 e. The van der Waals surface area contributed by atoms with Gasteiger partial charge in [0.25, 0.3) is 0 Å². The summed E-state index contributed by atoms with van der Waals surface area (Å²) in [5.74, 6) is 0. The van der Waals surface area contributed by atoms with E-state index in [1.54, 1.807) is 11.3 Å². The molecule has 2 N–H and O–H groups in total. The van der Waals surface area contributed by atoms with E-state index >= 15 is 0 Å². The highest BCUT2D eigenvalue weighted by Gasteiger charge is 2.03. The molecule has 3 nitrogen and oxygen atoms in total. The number of nitrogens with zero attached hydrogens (tertiary/aromatic N) is 1. The predicted octanol–water partition coefficient (Wildman–Crippen LogP) is 2.08. The van der Waals surface area contributed by atoms with E-state index in [9.17, 15) is 0 Å². The fraction of sp³-hybridized carbons (Fsp3) is 0.364. The molecule has 1 aromatic heterocycles. The zero-order chi connectivity index (χ0) is 10.7. The molecule has 0 radical (unpaired) electrons. The molecule has 0 fully saturated rings. The van der Waals surface area contributed by atoms with Crippen LogP contribution in [0.5, 0.6) is 0 Å². The van der Waals surface area contributed by atoms with Gasteiger partial charge in [-0.3, -0.25) is 0 Å². The number of benzene rings is 1. The van der Waals surface area contributed by atoms with Gasteiger partial charge in [-0.15, -0.1) is 11.3 Å². The van der Waals surface area contributed by atoms with Crippen molar-refractivity contribution in [2.45, 2.75) is 13.5 Å². The van der Waals surface area contributed by atoms with Crippen molar-refractivity contribution >= 4 is 21.6 Å². The van der Waals surface area contributed by atoms with Crippen LogP contribution in [0.1, 0.15) is 10.6 Å². The average molecular weight is 222 g/mol. The zero-order valence-electron chi connectivity index (χ0n) is 8.69. The molecule has 0 saturated carbocycles. The van der Waals surface area contributed by atoms with Crippen molar-refractivity contribution in [1.29, 1.82) is 0 Å². The summed E-state index contributed by atoms with van der Waals surface area (Å²) in [5, 5.41) is 1.02. The monoisotopic (exact) mass is 222 g/mol. The molecule has 0 atom stereocenters. The Bertz CT molecular complexity index is 453. The van der Waals surface area contributed by atoms with Crippen LogP contribution in [-0.2, 0) is 11.3 Å². The van der Waals surface area contributed by atoms with Crippen LogP contribution in [0.2, 0.25) is 0 Å². The fourth-order valence-corrected chi connectivity index (χ4v) is 2.39. The lowest BCUT2D eigenvalue weighted by atomic mass is 10.2. The quantitative estimate of drug-likeness (QED) is 0.806. The van der Waals surface area contributed by atoms with E-state index < -0.39 is 0 Å². The van der Waals surface area contributed by atoms with E-state index in [2.05, 4.69) is 24.0 Å². The normalized spacial score (nSPS) is 11.1. The molecule has 2 aromatic rings. The van der Waals surface area contributed by atoms with Gasteiger partial charge in [-0.05, 0) is 24.6 Å². The molecule has 80 valence electrons. The van der Waals surface area contributed by atoms with E-state index in [1.807, 2.05) is 6.07 Å². The van der Waals surface area contributed by atoms with Gasteiger partial charge in [0.05, 0.1) is 23.4 Å². The summed E-state index contributed by atoms with van der Waals surface area (Å²) in [6.45, 7) is 3.80. The number of hydrogen-bond donors (Lipinski definition) is 1. The summed E-state index contributed by atoms with van der Waals surface area (Å²) in [4.78, 5) is 4.48. The third kappa shape index (κ3) is 2.53. The lowest BCUT2D eigenvalue weighted by molar-refractivity contribution is 0.128. The minimum absolute atomic E-state index is 0.560. The number of nitrogens with two attached hydrogens (primary N) is 1. The third-order valence-corrected chi connectivity index (χ3v) is 3.07. The number of fused-ring (bicyclic) bond motifs is 1. The molecule has 0 aliphatic carbocycles. The van der Waals surface area contributed by atoms with Gasteiger partial charge in [0.1, 0.15) is 5.01 Å². The van der Waals surface area contributed by atoms with Crippen LogP contribution in [0.25, 0.3) is 10.2 Å². The Labute approximate surface area is 92.9 Å². The molecule has 1 heterocycles. The SMILES string of the molecule is Cc1ccc2nc(COCCN)sc2c1. The Morgan fingerprint density at radius 1 is 1.47 bits per heavy atom. The van der Waals surface area contributed by atoms with E-state index in [1.165, 1.54) is 10.3 Å². The molecule has 0 spiro atoms. The van der Waals surface area contributed by atoms with Gasteiger partial charge in [0.2, 0.25) is 0 Å². The van der Waals surface area contributed by atoms with Crippen molar-refractivity contribution in [3.05, 3.63) is 28.8 Å². The number of ether oxygens (including phenoxy) is 1. The third-order valence-electron chi connectivity index (χ3n) is 2.08. The Hall–Kier alpha value is -0.970. The van der Waals surface area contributed by atoms with Crippen molar-refractivity contribution < 1.29 is 4.74 Å². The van der Waals surface area contributed by atoms with Crippen molar-refractivity contribution in [3.8, 4) is 0 Å². The summed E-state index contributed by atoms with van der Waals surface area (Å²) >= 11 is 1.68. The van der Waals surface area contributed by atoms with E-state index in [-0.39, 0.29) is 0 Å². The number of aryl methyl sites for hydroxylation is 1. The zero-order valence-corrected chi connectivity index (χ0v) is 9.51. The summed E-state index contributed by atoms with van der Waals surface area (Å²) in [7, 11) is 0. The molecule has 4 heteroatoms. The Balaban J connectivity index is 2.16. The minimum Gasteiger partial charge on any atom is -0.373 e. The summed E-state index contributed by atoms with van der Waals surface area (Å²) in [5.41, 5.74) is 7.66. The van der Waals surface area contributed by atoms with Gasteiger partial charge < -0.3 is 10.5 Å². The standard InChI is InChI=1S/C11H14N2OS/c1-8-2-3-9-10(6-8)15-11(13-9)7-14-5-4-12/h2-3,6H,4-5,7,12H2,1H3. The van der Waals surface area contributed by atoms with Crippen LogP contribution in [-0.4, -0.2) is 18.1 Å². The van der Waals surface area contributed by atoms with Crippen molar-refractivity contribution in [3.63, 3.8) is 0 Å². The van der Waals surface area contributed by atoms with E-state index in [4.69, 9.17) is 10.5 Å². The molecule has 2 rings (SSSR count). The van der Waals surface area contributed by atoms with Gasteiger partial charge in [-0.1, -0.05) is 6.07 Å². The predicted molar refractivity (Wildman–Crippen MR) is 63.1 cm³/mol. The highest BCUT2D eigenvalue weighted by atomic mass is 32.1. The first-order valence-corrected chi connectivity index (χ1v) is 5.75. The molecule has 1 aromatic carbocycles. The lowest BCUT2D eigenvalue weighted by Gasteiger charge is -1.96. The van der Waals surface area contributed by atoms with Gasteiger partial charge in [-0.25, -0.2) is 4.98 Å². The highest BCUT2D eigenvalue weighted by Crippen LogP contribution is 2.23. The van der Waals surface area contributed by atoms with Crippen molar-refractivity contribution in [2.75, 3.05) is 13.2 Å². The Morgan fingerprint density at radius 2 is 2.33 bits per heavy atom. The molecular formula is C11H14N2OS. The lowest BCUT2D eigenvalue weighted by Crippen LogP contribution is -2.07. The Kier molecular flexibility index (Phi) is 3.30. The second-order valence-corrected chi connectivity index (χ2v) is 4.54. The van der Waals surface area contributed by atoms with Gasteiger partial charge in [0, 0.05) is 6.54 Å². The van der Waals surface area contributed by atoms with Crippen LogP contribution in [0.4, 0.5) is 0 Å². The van der Waals surface area contributed by atoms with Crippen LogP contribution in [0.3, 0.4) is 0 Å². The van der Waals surface area contributed by atoms with Crippen molar-refractivity contribution in [1.82, 2.24) is 4.98 Å². The van der Waals surface area contributed by atoms with Crippen LogP contribution in [0.15, 0.2) is 18.2 Å². The first-order valence-electron chi connectivity index (χ1n) is 4.93. The molecule has 0 amide bonds. The number of thiazole rings is 1. The highest BCUT2D eigenvalue weighted by molar-refractivity contribution is 7.18. The average Bonchev–Trinajstić information content (AvgIpc) is 2.60. The van der Waals surface area contributed by atoms with Crippen molar-refractivity contribution in [2.24, 2.45) is 5.73 Å². The van der Waals surface area contributed by atoms with E-state index in [0.29, 0.717) is 19.8 Å². The molecular weight excluding hydrogens is 208 g/mol. The second kappa shape index (κ2) is 4.70. The van der Waals surface area contributed by atoms with Crippen LogP contribution in [0, 0.1) is 6.92 Å². The molecule has 0 bridgehead atoms. The number of rotatable bonds is 4. The van der Waals surface area contributed by atoms with Crippen LogP contribution < -0.4 is 5.73 Å². The Morgan fingerprint density at radius 3 is 3.13 bits per heavy atom. The summed E-state index contributed by atoms with van der Waals surface area (Å²) < 4.78 is 6.58. The van der Waals surface area contributed by atoms with E-state index in [0.717, 1.165) is 10.5 Å². The maximum absolute atomic E-state index is 5.35. The maximum Gasteiger partial charge on any atom is 0.120 e. The maximum atomic E-state index is 5.35. The van der Waals surface area contributed by atoms with Gasteiger partial charge in [-0.2, -0.15) is 0 Å².